The molecule has 2 rings (SSSR count). The van der Waals surface area contributed by atoms with E-state index in [9.17, 15) is 0 Å². The summed E-state index contributed by atoms with van der Waals surface area (Å²) in [6, 6.07) is 14.4. The molecule has 0 heterocycles. The number of nitrogens with one attached hydrogen (secondary N) is 1. The molecule has 0 saturated heterocycles. The van der Waals surface area contributed by atoms with E-state index < -0.39 is 0 Å². The molecule has 0 spiro atoms. The van der Waals surface area contributed by atoms with E-state index in [1.807, 2.05) is 25.1 Å². The lowest BCUT2D eigenvalue weighted by Crippen LogP contribution is -2.27. The third-order valence-electron chi connectivity index (χ3n) is 4.65. The monoisotopic (exact) mass is 520 g/mol. The molecule has 0 saturated carbocycles. The Labute approximate surface area is 202 Å². The molecule has 7 heteroatoms. The average molecular weight is 522 g/mol. The summed E-state index contributed by atoms with van der Waals surface area (Å²) in [5.74, 6) is 1.55. The predicted molar refractivity (Wildman–Crippen MR) is 135 cm³/mol. The number of hydrogen-bond acceptors (Lipinski definition) is 4. The maximum Gasteiger partial charge on any atom is 0.175 e. The summed E-state index contributed by atoms with van der Waals surface area (Å²) in [7, 11) is 0. The highest BCUT2D eigenvalue weighted by Crippen LogP contribution is 2.37. The first-order valence-electron chi connectivity index (χ1n) is 10.2. The van der Waals surface area contributed by atoms with E-state index in [-0.39, 0.29) is 24.8 Å². The van der Waals surface area contributed by atoms with Crippen LogP contribution in [0.15, 0.2) is 46.9 Å². The lowest BCUT2D eigenvalue weighted by Gasteiger charge is -2.18. The Morgan fingerprint density at radius 2 is 1.63 bits per heavy atom. The van der Waals surface area contributed by atoms with Gasteiger partial charge in [0.05, 0.1) is 11.1 Å². The number of hydrogen-bond donors (Lipinski definition) is 1. The molecule has 0 unspecified atom stereocenters. The van der Waals surface area contributed by atoms with Crippen molar-refractivity contribution < 1.29 is 9.47 Å². The van der Waals surface area contributed by atoms with Gasteiger partial charge in [-0.3, -0.25) is 0 Å². The second-order valence-corrected chi connectivity index (χ2v) is 7.52. The smallest absolute Gasteiger partial charge is 0.175 e. The van der Waals surface area contributed by atoms with Crippen LogP contribution in [0.3, 0.4) is 0 Å². The van der Waals surface area contributed by atoms with Crippen molar-refractivity contribution in [3.63, 3.8) is 0 Å². The van der Waals surface area contributed by atoms with Crippen LogP contribution in [0.1, 0.15) is 38.3 Å². The largest absolute Gasteiger partial charge is 0.490 e. The minimum atomic E-state index is 0. The van der Waals surface area contributed by atoms with Crippen LogP contribution in [0, 0.1) is 0 Å². The van der Waals surface area contributed by atoms with Gasteiger partial charge in [-0.15, -0.1) is 24.8 Å². The van der Waals surface area contributed by atoms with Crippen molar-refractivity contribution >= 4 is 40.7 Å². The van der Waals surface area contributed by atoms with Crippen molar-refractivity contribution in [2.24, 2.45) is 0 Å². The van der Waals surface area contributed by atoms with Crippen molar-refractivity contribution in [1.82, 2.24) is 10.2 Å². The van der Waals surface area contributed by atoms with Crippen LogP contribution in [0.2, 0.25) is 0 Å². The summed E-state index contributed by atoms with van der Waals surface area (Å²) in [5.41, 5.74) is 2.32. The zero-order valence-corrected chi connectivity index (χ0v) is 21.4. The van der Waals surface area contributed by atoms with Crippen LogP contribution in [-0.2, 0) is 13.2 Å². The normalized spacial score (nSPS) is 10.3. The number of benzene rings is 2. The fraction of sp³-hybridized carbons (Fsp3) is 0.478. The molecule has 30 heavy (non-hydrogen) atoms. The highest BCUT2D eigenvalue weighted by atomic mass is 79.9. The van der Waals surface area contributed by atoms with Crippen molar-refractivity contribution in [2.45, 2.75) is 40.3 Å². The van der Waals surface area contributed by atoms with Gasteiger partial charge in [-0.05, 0) is 78.7 Å². The zero-order valence-electron chi connectivity index (χ0n) is 18.2. The quantitative estimate of drug-likeness (QED) is 0.323. The summed E-state index contributed by atoms with van der Waals surface area (Å²) in [5, 5.41) is 3.54. The van der Waals surface area contributed by atoms with Gasteiger partial charge in [0, 0.05) is 6.54 Å². The van der Waals surface area contributed by atoms with E-state index in [2.05, 4.69) is 64.3 Å². The molecule has 0 aliphatic rings. The standard InChI is InChI=1S/C23H33BrN2O2.2ClH/c1-4-26(5-2)14-10-13-25-17-20-15-21(24)23(22(16-20)27-6-3)28-18-19-11-8-7-9-12-19;;/h7-9,11-12,15-16,25H,4-6,10,13-14,17-18H2,1-3H3;2*1H. The van der Waals surface area contributed by atoms with Gasteiger partial charge in [0.2, 0.25) is 0 Å². The lowest BCUT2D eigenvalue weighted by atomic mass is 10.2. The third kappa shape index (κ3) is 9.88. The van der Waals surface area contributed by atoms with Gasteiger partial charge in [0.15, 0.2) is 11.5 Å². The summed E-state index contributed by atoms with van der Waals surface area (Å²) >= 11 is 3.66. The van der Waals surface area contributed by atoms with Crippen LogP contribution < -0.4 is 14.8 Å². The van der Waals surface area contributed by atoms with Crippen LogP contribution >= 0.6 is 40.7 Å². The number of rotatable bonds is 13. The molecule has 2 aromatic rings. The molecular formula is C23H35BrCl2N2O2. The number of ether oxygens (including phenoxy) is 2. The van der Waals surface area contributed by atoms with E-state index in [1.54, 1.807) is 0 Å². The van der Waals surface area contributed by atoms with Gasteiger partial charge in [-0.25, -0.2) is 0 Å². The van der Waals surface area contributed by atoms with E-state index >= 15 is 0 Å². The Morgan fingerprint density at radius 1 is 0.933 bits per heavy atom. The van der Waals surface area contributed by atoms with Crippen molar-refractivity contribution in [1.29, 1.82) is 0 Å². The Morgan fingerprint density at radius 3 is 2.27 bits per heavy atom. The van der Waals surface area contributed by atoms with Crippen molar-refractivity contribution in [3.8, 4) is 11.5 Å². The predicted octanol–water partition coefficient (Wildman–Crippen LogP) is 6.09. The molecule has 0 fully saturated rings. The van der Waals surface area contributed by atoms with Gasteiger partial charge in [-0.1, -0.05) is 44.2 Å². The third-order valence-corrected chi connectivity index (χ3v) is 5.24. The summed E-state index contributed by atoms with van der Waals surface area (Å²) in [6.07, 6.45) is 1.15. The van der Waals surface area contributed by atoms with E-state index in [4.69, 9.17) is 9.47 Å². The minimum absolute atomic E-state index is 0. The van der Waals surface area contributed by atoms with Crippen LogP contribution in [0.5, 0.6) is 11.5 Å². The molecule has 0 aromatic heterocycles. The maximum absolute atomic E-state index is 6.06. The molecule has 2 aromatic carbocycles. The van der Waals surface area contributed by atoms with Crippen LogP contribution in [0.25, 0.3) is 0 Å². The second kappa shape index (κ2) is 16.7. The molecule has 0 aliphatic carbocycles. The highest BCUT2D eigenvalue weighted by molar-refractivity contribution is 9.10. The van der Waals surface area contributed by atoms with E-state index in [0.29, 0.717) is 13.2 Å². The first-order chi connectivity index (χ1) is 13.7. The number of nitrogens with zero attached hydrogens (tertiary/aromatic N) is 1. The molecule has 0 amide bonds. The molecule has 0 bridgehead atoms. The topological polar surface area (TPSA) is 33.7 Å². The fourth-order valence-electron chi connectivity index (χ4n) is 3.06. The minimum Gasteiger partial charge on any atom is -0.490 e. The van der Waals surface area contributed by atoms with Crippen LogP contribution in [0.4, 0.5) is 0 Å². The average Bonchev–Trinajstić information content (AvgIpc) is 2.71. The van der Waals surface area contributed by atoms with Crippen molar-refractivity contribution in [2.75, 3.05) is 32.8 Å². The molecule has 4 nitrogen and oxygen atoms in total. The molecule has 170 valence electrons. The van der Waals surface area contributed by atoms with Gasteiger partial charge >= 0.3 is 0 Å². The van der Waals surface area contributed by atoms with Crippen molar-refractivity contribution in [3.05, 3.63) is 58.1 Å². The number of halogens is 3. The van der Waals surface area contributed by atoms with Gasteiger partial charge in [0.25, 0.3) is 0 Å². The highest BCUT2D eigenvalue weighted by Gasteiger charge is 2.12. The fourth-order valence-corrected chi connectivity index (χ4v) is 3.66. The zero-order chi connectivity index (χ0) is 20.2. The second-order valence-electron chi connectivity index (χ2n) is 6.67. The summed E-state index contributed by atoms with van der Waals surface area (Å²) < 4.78 is 12.8. The Hall–Kier alpha value is -0.980. The summed E-state index contributed by atoms with van der Waals surface area (Å²) in [6.45, 7) is 12.7. The first-order valence-corrected chi connectivity index (χ1v) is 11.0. The summed E-state index contributed by atoms with van der Waals surface area (Å²) in [4.78, 5) is 2.45. The van der Waals surface area contributed by atoms with E-state index in [1.165, 1.54) is 5.56 Å². The lowest BCUT2D eigenvalue weighted by molar-refractivity contribution is 0.267. The molecule has 1 N–H and O–H groups in total. The first kappa shape index (κ1) is 29.0. The van der Waals surface area contributed by atoms with E-state index in [0.717, 1.165) is 60.7 Å². The molecule has 0 atom stereocenters. The Kier molecular flexibility index (Phi) is 16.1. The SMILES string of the molecule is CCOc1cc(CNCCCN(CC)CC)cc(Br)c1OCc1ccccc1.Cl.Cl. The molecule has 0 radical (unpaired) electrons. The van der Waals surface area contributed by atoms with Gasteiger partial charge in [-0.2, -0.15) is 0 Å². The van der Waals surface area contributed by atoms with Crippen LogP contribution in [-0.4, -0.2) is 37.7 Å². The maximum atomic E-state index is 6.06. The Bertz CT molecular complexity index is 701. The Balaban J connectivity index is 0.00000420. The molecule has 0 aliphatic heterocycles. The van der Waals surface area contributed by atoms with Gasteiger partial charge in [0.1, 0.15) is 6.61 Å². The van der Waals surface area contributed by atoms with Gasteiger partial charge < -0.3 is 19.7 Å². The molecular weight excluding hydrogens is 487 g/mol.